The van der Waals surface area contributed by atoms with E-state index in [-0.39, 0.29) is 18.8 Å². The number of alkyl halides is 3. The van der Waals surface area contributed by atoms with E-state index in [0.717, 1.165) is 12.1 Å². The van der Waals surface area contributed by atoms with E-state index in [1.807, 2.05) is 18.2 Å². The van der Waals surface area contributed by atoms with Crippen LogP contribution in [0.1, 0.15) is 5.56 Å². The standard InChI is InChI=1S/C17H16F3NO5S/c1-27(22,23)26-21-16(17(18,19)20)13-7-9-15(10-8-13)25-12-11-24-14-5-3-2-4-6-14/h2-10H,11-12H2,1H3. The average Bonchev–Trinajstić information content (AvgIpc) is 2.59. The van der Waals surface area contributed by atoms with E-state index in [4.69, 9.17) is 9.47 Å². The van der Waals surface area contributed by atoms with E-state index in [1.165, 1.54) is 12.1 Å². The molecule has 0 heterocycles. The number of hydrogen-bond acceptors (Lipinski definition) is 6. The van der Waals surface area contributed by atoms with Crippen LogP contribution in [0.5, 0.6) is 11.5 Å². The smallest absolute Gasteiger partial charge is 0.437 e. The summed E-state index contributed by atoms with van der Waals surface area (Å²) in [5.41, 5.74) is -1.83. The van der Waals surface area contributed by atoms with Crippen LogP contribution in [-0.4, -0.2) is 39.8 Å². The van der Waals surface area contributed by atoms with Gasteiger partial charge in [0.25, 0.3) is 0 Å². The van der Waals surface area contributed by atoms with Crippen LogP contribution in [0.15, 0.2) is 59.8 Å². The molecule has 27 heavy (non-hydrogen) atoms. The third kappa shape index (κ3) is 7.18. The average molecular weight is 403 g/mol. The molecule has 0 aromatic heterocycles. The molecule has 6 nitrogen and oxygen atoms in total. The topological polar surface area (TPSA) is 74.2 Å². The van der Waals surface area contributed by atoms with Gasteiger partial charge < -0.3 is 9.47 Å². The molecule has 2 aromatic carbocycles. The Kier molecular flexibility index (Phi) is 6.67. The minimum absolute atomic E-state index is 0.186. The maximum Gasteiger partial charge on any atom is 0.437 e. The molecule has 2 aromatic rings. The molecule has 2 rings (SSSR count). The molecule has 10 heteroatoms. The Morgan fingerprint density at radius 1 is 0.926 bits per heavy atom. The van der Waals surface area contributed by atoms with Gasteiger partial charge in [-0.05, 0) is 36.4 Å². The number of rotatable bonds is 8. The van der Waals surface area contributed by atoms with Gasteiger partial charge in [0.2, 0.25) is 0 Å². The molecule has 0 aliphatic heterocycles. The number of halogens is 3. The third-order valence-corrected chi connectivity index (χ3v) is 3.37. The third-order valence-electron chi connectivity index (χ3n) is 3.02. The predicted molar refractivity (Wildman–Crippen MR) is 92.4 cm³/mol. The molecule has 0 N–H and O–H groups in total. The Morgan fingerprint density at radius 2 is 1.44 bits per heavy atom. The van der Waals surface area contributed by atoms with E-state index in [0.29, 0.717) is 17.8 Å². The number of ether oxygens (including phenoxy) is 2. The lowest BCUT2D eigenvalue weighted by molar-refractivity contribution is -0.0596. The van der Waals surface area contributed by atoms with Crippen LogP contribution in [0.2, 0.25) is 0 Å². The summed E-state index contributed by atoms with van der Waals surface area (Å²) in [4.78, 5) is 0. The van der Waals surface area contributed by atoms with Crippen molar-refractivity contribution in [2.75, 3.05) is 19.5 Å². The van der Waals surface area contributed by atoms with E-state index < -0.39 is 22.0 Å². The van der Waals surface area contributed by atoms with Crippen LogP contribution < -0.4 is 9.47 Å². The first kappa shape index (κ1) is 20.6. The second kappa shape index (κ2) is 8.76. The van der Waals surface area contributed by atoms with Gasteiger partial charge in [-0.15, -0.1) is 0 Å². The molecule has 0 atom stereocenters. The van der Waals surface area contributed by atoms with Gasteiger partial charge in [-0.3, -0.25) is 4.28 Å². The number of para-hydroxylation sites is 1. The molecule has 0 saturated heterocycles. The van der Waals surface area contributed by atoms with E-state index >= 15 is 0 Å². The summed E-state index contributed by atoms with van der Waals surface area (Å²) in [5.74, 6) is 0.995. The highest BCUT2D eigenvalue weighted by atomic mass is 32.2. The van der Waals surface area contributed by atoms with E-state index in [1.54, 1.807) is 12.1 Å². The normalized spacial score (nSPS) is 12.5. The van der Waals surface area contributed by atoms with Gasteiger partial charge in [-0.25, -0.2) is 0 Å². The Labute approximate surface area is 154 Å². The maximum absolute atomic E-state index is 13.0. The van der Waals surface area contributed by atoms with E-state index in [2.05, 4.69) is 9.44 Å². The Balaban J connectivity index is 1.97. The molecule has 146 valence electrons. The molecule has 0 aliphatic carbocycles. The second-order valence-corrected chi connectivity index (χ2v) is 6.81. The fraction of sp³-hybridized carbons (Fsp3) is 0.235. The first-order chi connectivity index (χ1) is 12.6. The molecule has 0 radical (unpaired) electrons. The molecule has 0 spiro atoms. The summed E-state index contributed by atoms with van der Waals surface area (Å²) in [5, 5.41) is 2.72. The summed E-state index contributed by atoms with van der Waals surface area (Å²) in [6, 6.07) is 13.9. The number of nitrogens with zero attached hydrogens (tertiary/aromatic N) is 1. The summed E-state index contributed by atoms with van der Waals surface area (Å²) < 4.78 is 75.6. The molecule has 0 bridgehead atoms. The zero-order valence-corrected chi connectivity index (χ0v) is 15.0. The number of hydrogen-bond donors (Lipinski definition) is 0. The van der Waals surface area contributed by atoms with Crippen molar-refractivity contribution < 1.29 is 35.3 Å². The minimum atomic E-state index is -4.89. The van der Waals surface area contributed by atoms with Crippen LogP contribution >= 0.6 is 0 Å². The van der Waals surface area contributed by atoms with Crippen molar-refractivity contribution in [1.82, 2.24) is 0 Å². The SMILES string of the molecule is CS(=O)(=O)ON=C(c1ccc(OCCOc2ccccc2)cc1)C(F)(F)F. The minimum Gasteiger partial charge on any atom is -0.490 e. The van der Waals surface area contributed by atoms with Crippen LogP contribution in [0.3, 0.4) is 0 Å². The van der Waals surface area contributed by atoms with Gasteiger partial charge in [-0.1, -0.05) is 23.4 Å². The highest BCUT2D eigenvalue weighted by Gasteiger charge is 2.38. The van der Waals surface area contributed by atoms with E-state index in [9.17, 15) is 21.6 Å². The van der Waals surface area contributed by atoms with Crippen molar-refractivity contribution in [2.45, 2.75) is 6.18 Å². The second-order valence-electron chi connectivity index (χ2n) is 5.25. The first-order valence-corrected chi connectivity index (χ1v) is 9.42. The fourth-order valence-electron chi connectivity index (χ4n) is 1.92. The van der Waals surface area contributed by atoms with Crippen LogP contribution in [-0.2, 0) is 14.4 Å². The molecule has 0 fully saturated rings. The Bertz CT molecular complexity index is 866. The zero-order chi connectivity index (χ0) is 19.9. The van der Waals surface area contributed by atoms with Crippen molar-refractivity contribution in [1.29, 1.82) is 0 Å². The van der Waals surface area contributed by atoms with Gasteiger partial charge in [-0.2, -0.15) is 21.6 Å². The molecule has 0 aliphatic rings. The van der Waals surface area contributed by atoms with Gasteiger partial charge in [0.15, 0.2) is 5.71 Å². The zero-order valence-electron chi connectivity index (χ0n) is 14.1. The predicted octanol–water partition coefficient (Wildman–Crippen LogP) is 3.39. The highest BCUT2D eigenvalue weighted by molar-refractivity contribution is 7.85. The van der Waals surface area contributed by atoms with Gasteiger partial charge >= 0.3 is 16.3 Å². The van der Waals surface area contributed by atoms with Crippen LogP contribution in [0, 0.1) is 0 Å². The van der Waals surface area contributed by atoms with Crippen molar-refractivity contribution in [3.63, 3.8) is 0 Å². The number of oxime groups is 1. The van der Waals surface area contributed by atoms with Gasteiger partial charge in [0.1, 0.15) is 24.7 Å². The largest absolute Gasteiger partial charge is 0.490 e. The summed E-state index contributed by atoms with van der Waals surface area (Å²) in [7, 11) is -4.16. The van der Waals surface area contributed by atoms with Crippen molar-refractivity contribution in [2.24, 2.45) is 5.16 Å². The Hall–Kier alpha value is -2.75. The highest BCUT2D eigenvalue weighted by Crippen LogP contribution is 2.24. The lowest BCUT2D eigenvalue weighted by Gasteiger charge is -2.11. The summed E-state index contributed by atoms with van der Waals surface area (Å²) in [6.45, 7) is 0.439. The number of benzene rings is 2. The lowest BCUT2D eigenvalue weighted by Crippen LogP contribution is -2.24. The molecular weight excluding hydrogens is 387 g/mol. The fourth-order valence-corrected chi connectivity index (χ4v) is 2.13. The molecule has 0 saturated carbocycles. The van der Waals surface area contributed by atoms with Crippen LogP contribution in [0.25, 0.3) is 0 Å². The van der Waals surface area contributed by atoms with Gasteiger partial charge in [0, 0.05) is 5.56 Å². The molecule has 0 amide bonds. The van der Waals surface area contributed by atoms with Crippen LogP contribution in [0.4, 0.5) is 13.2 Å². The Morgan fingerprint density at radius 3 is 1.93 bits per heavy atom. The lowest BCUT2D eigenvalue weighted by atomic mass is 10.1. The maximum atomic E-state index is 13.0. The summed E-state index contributed by atoms with van der Waals surface area (Å²) in [6.07, 6.45) is -4.30. The van der Waals surface area contributed by atoms with Gasteiger partial charge in [0.05, 0.1) is 6.26 Å². The monoisotopic (exact) mass is 403 g/mol. The van der Waals surface area contributed by atoms with Crippen molar-refractivity contribution in [3.05, 3.63) is 60.2 Å². The van der Waals surface area contributed by atoms with Crippen molar-refractivity contribution >= 4 is 15.8 Å². The quantitative estimate of drug-likeness (QED) is 0.384. The first-order valence-electron chi connectivity index (χ1n) is 7.60. The summed E-state index contributed by atoms with van der Waals surface area (Å²) >= 11 is 0. The molecular formula is C17H16F3NO5S. The van der Waals surface area contributed by atoms with Crippen molar-refractivity contribution in [3.8, 4) is 11.5 Å². The molecule has 0 unspecified atom stereocenters.